The van der Waals surface area contributed by atoms with Gasteiger partial charge in [-0.3, -0.25) is 4.79 Å². The number of halogens is 1. The van der Waals surface area contributed by atoms with E-state index in [2.05, 4.69) is 0 Å². The third-order valence-electron chi connectivity index (χ3n) is 2.57. The Balaban J connectivity index is 2.08. The number of benzene rings is 1. The molecule has 0 fully saturated rings. The van der Waals surface area contributed by atoms with Gasteiger partial charge in [0.1, 0.15) is 17.3 Å². The standard InChI is InChI=1S/C14H13FO2/c1-2-12-7-8-13(17-12)9-14(16)10-3-5-11(15)6-4-10/h3-8H,2,9H2,1H3. The lowest BCUT2D eigenvalue weighted by molar-refractivity contribution is 0.0986. The predicted molar refractivity (Wildman–Crippen MR) is 62.5 cm³/mol. The molecule has 1 aromatic carbocycles. The zero-order valence-electron chi connectivity index (χ0n) is 9.57. The lowest BCUT2D eigenvalue weighted by Crippen LogP contribution is -2.02. The molecule has 0 aliphatic carbocycles. The fourth-order valence-corrected chi connectivity index (χ4v) is 1.60. The topological polar surface area (TPSA) is 30.2 Å². The van der Waals surface area contributed by atoms with Crippen molar-refractivity contribution in [2.75, 3.05) is 0 Å². The molecule has 17 heavy (non-hydrogen) atoms. The van der Waals surface area contributed by atoms with Crippen molar-refractivity contribution < 1.29 is 13.6 Å². The highest BCUT2D eigenvalue weighted by molar-refractivity contribution is 5.97. The average molecular weight is 232 g/mol. The first-order valence-corrected chi connectivity index (χ1v) is 5.55. The zero-order valence-corrected chi connectivity index (χ0v) is 9.57. The van der Waals surface area contributed by atoms with E-state index in [1.54, 1.807) is 6.07 Å². The number of Topliss-reactive ketones (excluding diaryl/α,β-unsaturated/α-hetero) is 1. The number of aryl methyl sites for hydroxylation is 1. The van der Waals surface area contributed by atoms with Crippen LogP contribution in [0.2, 0.25) is 0 Å². The highest BCUT2D eigenvalue weighted by Crippen LogP contribution is 2.12. The summed E-state index contributed by atoms with van der Waals surface area (Å²) in [5, 5.41) is 0. The van der Waals surface area contributed by atoms with Gasteiger partial charge in [-0.2, -0.15) is 0 Å². The minimum atomic E-state index is -0.340. The quantitative estimate of drug-likeness (QED) is 0.756. The number of hydrogen-bond acceptors (Lipinski definition) is 2. The van der Waals surface area contributed by atoms with Gasteiger partial charge in [0, 0.05) is 12.0 Å². The predicted octanol–water partition coefficient (Wildman–Crippen LogP) is 3.41. The molecule has 0 spiro atoms. The van der Waals surface area contributed by atoms with Crippen molar-refractivity contribution in [1.29, 1.82) is 0 Å². The van der Waals surface area contributed by atoms with Gasteiger partial charge in [-0.05, 0) is 36.4 Å². The number of ketones is 1. The smallest absolute Gasteiger partial charge is 0.170 e. The van der Waals surface area contributed by atoms with Gasteiger partial charge >= 0.3 is 0 Å². The third-order valence-corrected chi connectivity index (χ3v) is 2.57. The van der Waals surface area contributed by atoms with Crippen LogP contribution in [0.15, 0.2) is 40.8 Å². The van der Waals surface area contributed by atoms with Crippen molar-refractivity contribution in [2.45, 2.75) is 19.8 Å². The lowest BCUT2D eigenvalue weighted by atomic mass is 10.1. The molecular weight excluding hydrogens is 219 g/mol. The molecule has 0 amide bonds. The second kappa shape index (κ2) is 4.95. The molecule has 0 N–H and O–H groups in total. The second-order valence-corrected chi connectivity index (χ2v) is 3.83. The van der Waals surface area contributed by atoms with Gasteiger partial charge in [-0.25, -0.2) is 4.39 Å². The van der Waals surface area contributed by atoms with Crippen LogP contribution in [0.1, 0.15) is 28.8 Å². The minimum Gasteiger partial charge on any atom is -0.466 e. The van der Waals surface area contributed by atoms with Crippen molar-refractivity contribution in [2.24, 2.45) is 0 Å². The Morgan fingerprint density at radius 3 is 2.35 bits per heavy atom. The van der Waals surface area contributed by atoms with Gasteiger partial charge in [0.05, 0.1) is 6.42 Å². The first-order chi connectivity index (χ1) is 8.19. The average Bonchev–Trinajstić information content (AvgIpc) is 2.77. The molecule has 0 aliphatic heterocycles. The summed E-state index contributed by atoms with van der Waals surface area (Å²) in [6.45, 7) is 1.99. The van der Waals surface area contributed by atoms with E-state index in [-0.39, 0.29) is 18.0 Å². The van der Waals surface area contributed by atoms with Crippen molar-refractivity contribution in [3.05, 3.63) is 59.3 Å². The van der Waals surface area contributed by atoms with Crippen molar-refractivity contribution in [3.8, 4) is 0 Å². The first kappa shape index (κ1) is 11.6. The van der Waals surface area contributed by atoms with Crippen molar-refractivity contribution in [1.82, 2.24) is 0 Å². The van der Waals surface area contributed by atoms with Crippen molar-refractivity contribution >= 4 is 5.78 Å². The second-order valence-electron chi connectivity index (χ2n) is 3.83. The number of rotatable bonds is 4. The summed E-state index contributed by atoms with van der Waals surface area (Å²) in [7, 11) is 0. The number of furan rings is 1. The van der Waals surface area contributed by atoms with Gasteiger partial charge in [0.15, 0.2) is 5.78 Å². The zero-order chi connectivity index (χ0) is 12.3. The highest BCUT2D eigenvalue weighted by Gasteiger charge is 2.10. The Morgan fingerprint density at radius 2 is 1.76 bits per heavy atom. The summed E-state index contributed by atoms with van der Waals surface area (Å²) in [5.74, 6) is 1.11. The Morgan fingerprint density at radius 1 is 1.12 bits per heavy atom. The summed E-state index contributed by atoms with van der Waals surface area (Å²) >= 11 is 0. The van der Waals surface area contributed by atoms with Gasteiger partial charge < -0.3 is 4.42 Å². The molecule has 88 valence electrons. The summed E-state index contributed by atoms with van der Waals surface area (Å²) in [4.78, 5) is 11.8. The van der Waals surface area contributed by atoms with Crippen LogP contribution >= 0.6 is 0 Å². The largest absolute Gasteiger partial charge is 0.466 e. The van der Waals surface area contributed by atoms with E-state index in [1.165, 1.54) is 24.3 Å². The minimum absolute atomic E-state index is 0.0676. The van der Waals surface area contributed by atoms with Crippen LogP contribution in [0.5, 0.6) is 0 Å². The van der Waals surface area contributed by atoms with Crippen molar-refractivity contribution in [3.63, 3.8) is 0 Å². The van der Waals surface area contributed by atoms with E-state index < -0.39 is 0 Å². The molecule has 0 atom stereocenters. The van der Waals surface area contributed by atoms with Crippen LogP contribution in [-0.2, 0) is 12.8 Å². The first-order valence-electron chi connectivity index (χ1n) is 5.55. The monoisotopic (exact) mass is 232 g/mol. The SMILES string of the molecule is CCc1ccc(CC(=O)c2ccc(F)cc2)o1. The fourth-order valence-electron chi connectivity index (χ4n) is 1.60. The van der Waals surface area contributed by atoms with E-state index in [9.17, 15) is 9.18 Å². The molecule has 2 aromatic rings. The van der Waals surface area contributed by atoms with Crippen LogP contribution in [0.4, 0.5) is 4.39 Å². The fraction of sp³-hybridized carbons (Fsp3) is 0.214. The Kier molecular flexibility index (Phi) is 3.38. The van der Waals surface area contributed by atoms with Gasteiger partial charge in [-0.15, -0.1) is 0 Å². The molecule has 2 rings (SSSR count). The maximum atomic E-state index is 12.7. The third kappa shape index (κ3) is 2.81. The number of carbonyl (C=O) groups excluding carboxylic acids is 1. The van der Waals surface area contributed by atoms with Crippen LogP contribution < -0.4 is 0 Å². The summed E-state index contributed by atoms with van der Waals surface area (Å²) < 4.78 is 18.2. The molecule has 0 bridgehead atoms. The molecule has 0 aliphatic rings. The van der Waals surface area contributed by atoms with Crippen LogP contribution in [-0.4, -0.2) is 5.78 Å². The molecule has 1 heterocycles. The summed E-state index contributed by atoms with van der Waals surface area (Å²) in [6, 6.07) is 9.22. The molecule has 0 saturated carbocycles. The molecular formula is C14H13FO2. The van der Waals surface area contributed by atoms with E-state index in [0.29, 0.717) is 11.3 Å². The van der Waals surface area contributed by atoms with Gasteiger partial charge in [0.25, 0.3) is 0 Å². The van der Waals surface area contributed by atoms with Gasteiger partial charge in [-0.1, -0.05) is 6.92 Å². The maximum absolute atomic E-state index is 12.7. The summed E-state index contributed by atoms with van der Waals surface area (Å²) in [5.41, 5.74) is 0.501. The number of carbonyl (C=O) groups is 1. The normalized spacial score (nSPS) is 10.5. The van der Waals surface area contributed by atoms with E-state index >= 15 is 0 Å². The highest BCUT2D eigenvalue weighted by atomic mass is 19.1. The molecule has 0 saturated heterocycles. The van der Waals surface area contributed by atoms with Gasteiger partial charge in [0.2, 0.25) is 0 Å². The molecule has 0 radical (unpaired) electrons. The lowest BCUT2D eigenvalue weighted by Gasteiger charge is -1.98. The van der Waals surface area contributed by atoms with E-state index in [1.807, 2.05) is 13.0 Å². The van der Waals surface area contributed by atoms with Crippen LogP contribution in [0.25, 0.3) is 0 Å². The van der Waals surface area contributed by atoms with Crippen LogP contribution in [0, 0.1) is 5.82 Å². The molecule has 2 nitrogen and oxygen atoms in total. The Hall–Kier alpha value is -1.90. The summed E-state index contributed by atoms with van der Waals surface area (Å²) in [6.07, 6.45) is 1.02. The Bertz CT molecular complexity index is 511. The number of hydrogen-bond donors (Lipinski definition) is 0. The van der Waals surface area contributed by atoms with E-state index in [0.717, 1.165) is 12.2 Å². The van der Waals surface area contributed by atoms with Crippen LogP contribution in [0.3, 0.4) is 0 Å². The molecule has 1 aromatic heterocycles. The molecule has 3 heteroatoms. The molecule has 0 unspecified atom stereocenters. The Labute approximate surface area is 99.1 Å². The maximum Gasteiger partial charge on any atom is 0.170 e. The van der Waals surface area contributed by atoms with E-state index in [4.69, 9.17) is 4.42 Å².